The normalized spacial score (nSPS) is 12.9. The van der Waals surface area contributed by atoms with Crippen LogP contribution in [0, 0.1) is 0 Å². The summed E-state index contributed by atoms with van der Waals surface area (Å²) in [5.74, 6) is 0. The van der Waals surface area contributed by atoms with Crippen molar-refractivity contribution in [1.29, 1.82) is 0 Å². The second-order valence-corrected chi connectivity index (χ2v) is 4.49. The maximum Gasteiger partial charge on any atom is 0.0900 e. The molecule has 0 rings (SSSR count). The molecule has 3 nitrogen and oxygen atoms in total. The van der Waals surface area contributed by atoms with E-state index in [1.54, 1.807) is 6.08 Å². The smallest absolute Gasteiger partial charge is 0.0900 e. The Bertz CT molecular complexity index is 166. The van der Waals surface area contributed by atoms with E-state index in [2.05, 4.69) is 25.3 Å². The average Bonchev–Trinajstić information content (AvgIpc) is 2.33. The molecule has 0 aliphatic heterocycles. The van der Waals surface area contributed by atoms with Gasteiger partial charge in [0.2, 0.25) is 0 Å². The maximum atomic E-state index is 9.84. The van der Waals surface area contributed by atoms with E-state index in [9.17, 15) is 5.11 Å². The minimum Gasteiger partial charge on any atom is -0.389 e. The Morgan fingerprint density at radius 2 is 1.82 bits per heavy atom. The summed E-state index contributed by atoms with van der Waals surface area (Å²) in [5, 5.41) is 9.84. The summed E-state index contributed by atoms with van der Waals surface area (Å²) >= 11 is 0. The molecule has 0 amide bonds. The number of aliphatic hydroxyl groups is 1. The molecule has 0 saturated heterocycles. The zero-order valence-electron chi connectivity index (χ0n) is 11.5. The van der Waals surface area contributed by atoms with Gasteiger partial charge in [0.25, 0.3) is 0 Å². The van der Waals surface area contributed by atoms with Gasteiger partial charge < -0.3 is 14.7 Å². The molecule has 1 atom stereocenters. The fourth-order valence-corrected chi connectivity index (χ4v) is 1.70. The third-order valence-electron chi connectivity index (χ3n) is 2.67. The highest BCUT2D eigenvalue weighted by Crippen LogP contribution is 2.01. The molecule has 0 aliphatic rings. The van der Waals surface area contributed by atoms with Gasteiger partial charge in [-0.05, 0) is 25.9 Å². The Labute approximate surface area is 106 Å². The molecule has 17 heavy (non-hydrogen) atoms. The highest BCUT2D eigenvalue weighted by molar-refractivity contribution is 4.67. The van der Waals surface area contributed by atoms with E-state index in [4.69, 9.17) is 4.74 Å². The molecule has 0 radical (unpaired) electrons. The molecule has 102 valence electrons. The zero-order chi connectivity index (χ0) is 12.9. The fourth-order valence-electron chi connectivity index (χ4n) is 1.70. The average molecular weight is 243 g/mol. The number of ether oxygens (including phenoxy) is 1. The summed E-state index contributed by atoms with van der Waals surface area (Å²) in [6.07, 6.45) is 6.12. The van der Waals surface area contributed by atoms with Crippen molar-refractivity contribution >= 4 is 0 Å². The summed E-state index contributed by atoms with van der Waals surface area (Å²) in [5.41, 5.74) is 0. The van der Waals surface area contributed by atoms with E-state index >= 15 is 0 Å². The highest BCUT2D eigenvalue weighted by atomic mass is 16.5. The van der Waals surface area contributed by atoms with Crippen LogP contribution >= 0.6 is 0 Å². The number of unbranched alkanes of at least 4 members (excludes halogenated alkanes) is 2. The van der Waals surface area contributed by atoms with Crippen LogP contribution in [-0.4, -0.2) is 49.0 Å². The first-order valence-corrected chi connectivity index (χ1v) is 6.83. The number of hydrogen-bond acceptors (Lipinski definition) is 3. The van der Waals surface area contributed by atoms with E-state index < -0.39 is 0 Å². The van der Waals surface area contributed by atoms with Crippen molar-refractivity contribution in [2.45, 2.75) is 45.6 Å². The van der Waals surface area contributed by atoms with Crippen LogP contribution in [0.1, 0.15) is 39.5 Å². The van der Waals surface area contributed by atoms with Crippen molar-refractivity contribution in [3.63, 3.8) is 0 Å². The first-order valence-electron chi connectivity index (χ1n) is 6.83. The molecule has 0 aromatic rings. The molecule has 0 fully saturated rings. The quantitative estimate of drug-likeness (QED) is 0.422. The molecular formula is C14H29NO2. The van der Waals surface area contributed by atoms with Gasteiger partial charge in [-0.15, -0.1) is 6.58 Å². The second kappa shape index (κ2) is 12.1. The van der Waals surface area contributed by atoms with Gasteiger partial charge in [-0.3, -0.25) is 0 Å². The van der Waals surface area contributed by atoms with Crippen molar-refractivity contribution in [2.24, 2.45) is 0 Å². The van der Waals surface area contributed by atoms with Crippen LogP contribution in [0.5, 0.6) is 0 Å². The molecule has 3 heteroatoms. The Kier molecular flexibility index (Phi) is 11.8. The molecule has 0 spiro atoms. The number of rotatable bonds is 12. The van der Waals surface area contributed by atoms with Crippen molar-refractivity contribution in [3.05, 3.63) is 12.7 Å². The van der Waals surface area contributed by atoms with Gasteiger partial charge in [-0.2, -0.15) is 0 Å². The van der Waals surface area contributed by atoms with Crippen LogP contribution < -0.4 is 0 Å². The Morgan fingerprint density at radius 1 is 1.24 bits per heavy atom. The van der Waals surface area contributed by atoms with Gasteiger partial charge >= 0.3 is 0 Å². The third-order valence-corrected chi connectivity index (χ3v) is 2.67. The predicted octanol–water partition coefficient (Wildman–Crippen LogP) is 2.45. The highest BCUT2D eigenvalue weighted by Gasteiger charge is 2.10. The Balaban J connectivity index is 3.80. The zero-order valence-corrected chi connectivity index (χ0v) is 11.5. The van der Waals surface area contributed by atoms with Gasteiger partial charge in [0, 0.05) is 6.54 Å². The van der Waals surface area contributed by atoms with E-state index in [1.165, 1.54) is 25.7 Å². The van der Waals surface area contributed by atoms with Crippen LogP contribution in [0.15, 0.2) is 12.7 Å². The summed E-state index contributed by atoms with van der Waals surface area (Å²) < 4.78 is 5.26. The first kappa shape index (κ1) is 16.6. The van der Waals surface area contributed by atoms with Crippen LogP contribution in [0.4, 0.5) is 0 Å². The van der Waals surface area contributed by atoms with Crippen LogP contribution in [-0.2, 0) is 4.74 Å². The molecule has 1 unspecified atom stereocenters. The van der Waals surface area contributed by atoms with Gasteiger partial charge in [-0.1, -0.05) is 32.8 Å². The summed E-state index contributed by atoms with van der Waals surface area (Å²) in [6.45, 7) is 11.8. The van der Waals surface area contributed by atoms with Crippen molar-refractivity contribution in [1.82, 2.24) is 4.90 Å². The summed E-state index contributed by atoms with van der Waals surface area (Å²) in [7, 11) is 0. The number of nitrogens with zero attached hydrogens (tertiary/aromatic N) is 1. The molecule has 0 saturated carbocycles. The monoisotopic (exact) mass is 243 g/mol. The molecule has 0 bridgehead atoms. The van der Waals surface area contributed by atoms with Crippen LogP contribution in [0.3, 0.4) is 0 Å². The number of aliphatic hydroxyl groups excluding tert-OH is 1. The number of hydrogen-bond donors (Lipinski definition) is 1. The molecule has 0 aliphatic carbocycles. The minimum absolute atomic E-state index is 0.385. The maximum absolute atomic E-state index is 9.84. The van der Waals surface area contributed by atoms with Crippen LogP contribution in [0.25, 0.3) is 0 Å². The van der Waals surface area contributed by atoms with Gasteiger partial charge in [0.15, 0.2) is 0 Å². The lowest BCUT2D eigenvalue weighted by molar-refractivity contribution is 0.0257. The molecule has 0 aromatic carbocycles. The second-order valence-electron chi connectivity index (χ2n) is 4.49. The predicted molar refractivity (Wildman–Crippen MR) is 73.3 cm³/mol. The van der Waals surface area contributed by atoms with E-state index in [0.29, 0.717) is 13.2 Å². The van der Waals surface area contributed by atoms with Gasteiger partial charge in [-0.25, -0.2) is 0 Å². The van der Waals surface area contributed by atoms with Crippen molar-refractivity contribution in [2.75, 3.05) is 32.8 Å². The lowest BCUT2D eigenvalue weighted by Gasteiger charge is -2.24. The van der Waals surface area contributed by atoms with Crippen molar-refractivity contribution < 1.29 is 9.84 Å². The largest absolute Gasteiger partial charge is 0.389 e. The van der Waals surface area contributed by atoms with E-state index in [0.717, 1.165) is 19.6 Å². The topological polar surface area (TPSA) is 32.7 Å². The Morgan fingerprint density at radius 3 is 2.29 bits per heavy atom. The van der Waals surface area contributed by atoms with E-state index in [1.807, 2.05) is 0 Å². The lowest BCUT2D eigenvalue weighted by Crippen LogP contribution is -2.36. The lowest BCUT2D eigenvalue weighted by atomic mass is 10.2. The first-order chi connectivity index (χ1) is 8.24. The summed E-state index contributed by atoms with van der Waals surface area (Å²) in [6, 6.07) is 0. The Hall–Kier alpha value is -0.380. The molecule has 0 aromatic heterocycles. The third kappa shape index (κ3) is 10.5. The molecular weight excluding hydrogens is 214 g/mol. The van der Waals surface area contributed by atoms with Gasteiger partial charge in [0.05, 0.1) is 19.3 Å². The van der Waals surface area contributed by atoms with Crippen LogP contribution in [0.2, 0.25) is 0 Å². The molecule has 1 N–H and O–H groups in total. The summed E-state index contributed by atoms with van der Waals surface area (Å²) in [4.78, 5) is 2.34. The van der Waals surface area contributed by atoms with Crippen molar-refractivity contribution in [3.8, 4) is 0 Å². The SMILES string of the molecule is C=CCOCC(O)CN(CCCC)CCCC. The minimum atomic E-state index is -0.385. The molecule has 0 heterocycles. The van der Waals surface area contributed by atoms with Gasteiger partial charge in [0.1, 0.15) is 0 Å². The van der Waals surface area contributed by atoms with E-state index in [-0.39, 0.29) is 6.10 Å². The standard InChI is InChI=1S/C14H29NO2/c1-4-7-9-15(10-8-5-2)12-14(16)13-17-11-6-3/h6,14,16H,3-5,7-13H2,1-2H3. The fraction of sp³-hybridized carbons (Fsp3) is 0.857.